The first kappa shape index (κ1) is 16.3. The zero-order chi connectivity index (χ0) is 17.3. The summed E-state index contributed by atoms with van der Waals surface area (Å²) in [6.07, 6.45) is 7.94. The van der Waals surface area contributed by atoms with Gasteiger partial charge >= 0.3 is 0 Å². The largest absolute Gasteiger partial charge is 0.378 e. The van der Waals surface area contributed by atoms with Gasteiger partial charge in [-0.25, -0.2) is 9.67 Å². The van der Waals surface area contributed by atoms with E-state index in [4.69, 9.17) is 4.74 Å². The molecule has 0 unspecified atom stereocenters. The van der Waals surface area contributed by atoms with Crippen LogP contribution in [0.5, 0.6) is 0 Å². The molecule has 2 aliphatic rings. The van der Waals surface area contributed by atoms with Gasteiger partial charge in [-0.1, -0.05) is 24.6 Å². The maximum Gasteiger partial charge on any atom is 0.251 e. The van der Waals surface area contributed by atoms with E-state index in [0.29, 0.717) is 18.2 Å². The Kier molecular flexibility index (Phi) is 4.29. The van der Waals surface area contributed by atoms with Crippen molar-refractivity contribution in [3.63, 3.8) is 0 Å². The Bertz CT molecular complexity index is 740. The van der Waals surface area contributed by atoms with Crippen LogP contribution in [0.3, 0.4) is 0 Å². The van der Waals surface area contributed by atoms with Crippen molar-refractivity contribution in [2.75, 3.05) is 6.61 Å². The van der Waals surface area contributed by atoms with Gasteiger partial charge in [0, 0.05) is 23.6 Å². The van der Waals surface area contributed by atoms with Gasteiger partial charge in [0.15, 0.2) is 0 Å². The summed E-state index contributed by atoms with van der Waals surface area (Å²) in [5.74, 6) is 0.00180. The summed E-state index contributed by atoms with van der Waals surface area (Å²) in [7, 11) is 0. The van der Waals surface area contributed by atoms with Gasteiger partial charge in [-0.15, -0.1) is 0 Å². The van der Waals surface area contributed by atoms with Gasteiger partial charge in [-0.3, -0.25) is 4.79 Å². The molecule has 2 saturated carbocycles. The Balaban J connectivity index is 1.47. The van der Waals surface area contributed by atoms with E-state index in [-0.39, 0.29) is 17.4 Å². The van der Waals surface area contributed by atoms with Crippen LogP contribution in [0.25, 0.3) is 0 Å². The van der Waals surface area contributed by atoms with Crippen molar-refractivity contribution in [3.8, 4) is 0 Å². The van der Waals surface area contributed by atoms with Crippen molar-refractivity contribution in [3.05, 3.63) is 48.0 Å². The average Bonchev–Trinajstić information content (AvgIpc) is 3.05. The van der Waals surface area contributed by atoms with Crippen LogP contribution in [0.15, 0.2) is 36.9 Å². The molecule has 6 nitrogen and oxygen atoms in total. The number of amides is 1. The Hall–Kier alpha value is -2.21. The molecule has 1 aromatic heterocycles. The van der Waals surface area contributed by atoms with Crippen LogP contribution < -0.4 is 5.32 Å². The number of benzene rings is 1. The molecule has 0 bridgehead atoms. The maximum absolute atomic E-state index is 12.9. The summed E-state index contributed by atoms with van der Waals surface area (Å²) in [6, 6.07) is 7.94. The molecule has 0 aliphatic heterocycles. The van der Waals surface area contributed by atoms with Crippen LogP contribution >= 0.6 is 0 Å². The molecule has 1 heterocycles. The highest BCUT2D eigenvalue weighted by molar-refractivity contribution is 5.96. The molecule has 4 rings (SSSR count). The van der Waals surface area contributed by atoms with E-state index in [2.05, 4.69) is 15.4 Å². The second-order valence-electron chi connectivity index (χ2n) is 7.04. The lowest BCUT2D eigenvalue weighted by molar-refractivity contribution is -0.169. The van der Waals surface area contributed by atoms with Gasteiger partial charge in [-0.05, 0) is 37.8 Å². The third kappa shape index (κ3) is 2.84. The lowest BCUT2D eigenvalue weighted by Crippen LogP contribution is -2.67. The molecule has 0 saturated heterocycles. The zero-order valence-corrected chi connectivity index (χ0v) is 14.5. The van der Waals surface area contributed by atoms with Crippen LogP contribution in [0, 0.1) is 5.41 Å². The van der Waals surface area contributed by atoms with E-state index in [1.54, 1.807) is 11.0 Å². The Morgan fingerprint density at radius 2 is 2.24 bits per heavy atom. The molecule has 2 aromatic rings. The molecule has 1 spiro atoms. The second-order valence-corrected chi connectivity index (χ2v) is 7.04. The van der Waals surface area contributed by atoms with Crippen LogP contribution in [-0.4, -0.2) is 39.4 Å². The Morgan fingerprint density at radius 1 is 1.40 bits per heavy atom. The first-order chi connectivity index (χ1) is 12.2. The number of ether oxygens (including phenoxy) is 1. The number of carbonyl (C=O) groups is 1. The third-order valence-electron chi connectivity index (χ3n) is 5.80. The molecular weight excluding hydrogens is 316 g/mol. The first-order valence-corrected chi connectivity index (χ1v) is 9.06. The fraction of sp³-hybridized carbons (Fsp3) is 0.526. The summed E-state index contributed by atoms with van der Waals surface area (Å²) in [4.78, 5) is 16.9. The topological polar surface area (TPSA) is 69.0 Å². The van der Waals surface area contributed by atoms with Crippen LogP contribution in [-0.2, 0) is 11.3 Å². The predicted molar refractivity (Wildman–Crippen MR) is 93.1 cm³/mol. The number of nitrogens with zero attached hydrogens (tertiary/aromatic N) is 3. The highest BCUT2D eigenvalue weighted by atomic mass is 16.5. The van der Waals surface area contributed by atoms with Crippen molar-refractivity contribution in [2.45, 2.75) is 51.3 Å². The monoisotopic (exact) mass is 340 g/mol. The lowest BCUT2D eigenvalue weighted by atomic mass is 9.51. The second kappa shape index (κ2) is 6.59. The average molecular weight is 340 g/mol. The smallest absolute Gasteiger partial charge is 0.251 e. The minimum Gasteiger partial charge on any atom is -0.378 e. The Morgan fingerprint density at radius 3 is 2.92 bits per heavy atom. The van der Waals surface area contributed by atoms with Crippen LogP contribution in [0.1, 0.15) is 48.5 Å². The van der Waals surface area contributed by atoms with E-state index in [9.17, 15) is 4.79 Å². The van der Waals surface area contributed by atoms with E-state index < -0.39 is 0 Å². The molecule has 6 heteroatoms. The third-order valence-corrected chi connectivity index (χ3v) is 5.80. The standard InChI is InChI=1S/C19H24N4O2/c1-2-25-17-10-16(19(17)8-5-9-19)22-18(24)15-7-4-3-6-14(15)11-23-13-20-12-21-23/h3-4,6-7,12-13,16-17H,2,5,8-11H2,1H3,(H,22,24)/t16-,17-/m0/s1. The molecule has 2 atom stereocenters. The van der Waals surface area contributed by atoms with Crippen molar-refractivity contribution in [2.24, 2.45) is 5.41 Å². The molecule has 0 radical (unpaired) electrons. The van der Waals surface area contributed by atoms with Crippen molar-refractivity contribution < 1.29 is 9.53 Å². The zero-order valence-electron chi connectivity index (χ0n) is 14.5. The van der Waals surface area contributed by atoms with Gasteiger partial charge in [0.1, 0.15) is 12.7 Å². The van der Waals surface area contributed by atoms with Crippen molar-refractivity contribution >= 4 is 5.91 Å². The molecule has 25 heavy (non-hydrogen) atoms. The molecule has 2 aliphatic carbocycles. The summed E-state index contributed by atoms with van der Waals surface area (Å²) >= 11 is 0. The van der Waals surface area contributed by atoms with Crippen LogP contribution in [0.2, 0.25) is 0 Å². The summed E-state index contributed by atoms with van der Waals surface area (Å²) in [6.45, 7) is 3.33. The molecule has 1 aromatic carbocycles. The van der Waals surface area contributed by atoms with Gasteiger partial charge in [0.2, 0.25) is 0 Å². The minimum atomic E-state index is 0.00180. The van der Waals surface area contributed by atoms with Crippen LogP contribution in [0.4, 0.5) is 0 Å². The number of nitrogens with one attached hydrogen (secondary N) is 1. The fourth-order valence-corrected chi connectivity index (χ4v) is 4.25. The highest BCUT2D eigenvalue weighted by Gasteiger charge is 2.59. The quantitative estimate of drug-likeness (QED) is 0.877. The van der Waals surface area contributed by atoms with Crippen molar-refractivity contribution in [1.29, 1.82) is 0 Å². The predicted octanol–water partition coefficient (Wildman–Crippen LogP) is 2.40. The SMILES string of the molecule is CCO[C@H]1C[C@H](NC(=O)c2ccccc2Cn2cncn2)C12CCC2. The number of hydrogen-bond donors (Lipinski definition) is 1. The van der Waals surface area contributed by atoms with Crippen molar-refractivity contribution in [1.82, 2.24) is 20.1 Å². The number of aromatic nitrogens is 3. The van der Waals surface area contributed by atoms with E-state index >= 15 is 0 Å². The number of hydrogen-bond acceptors (Lipinski definition) is 4. The Labute approximate surface area is 147 Å². The summed E-state index contributed by atoms with van der Waals surface area (Å²) in [5.41, 5.74) is 1.84. The normalized spacial score (nSPS) is 23.7. The molecule has 1 amide bonds. The molecular formula is C19H24N4O2. The highest BCUT2D eigenvalue weighted by Crippen LogP contribution is 2.57. The van der Waals surface area contributed by atoms with E-state index in [1.807, 2.05) is 31.2 Å². The fourth-order valence-electron chi connectivity index (χ4n) is 4.25. The summed E-state index contributed by atoms with van der Waals surface area (Å²) < 4.78 is 7.61. The molecule has 2 fully saturated rings. The van der Waals surface area contributed by atoms with Gasteiger partial charge in [-0.2, -0.15) is 5.10 Å². The van der Waals surface area contributed by atoms with E-state index in [1.165, 1.54) is 12.7 Å². The first-order valence-electron chi connectivity index (χ1n) is 9.06. The van der Waals surface area contributed by atoms with Gasteiger partial charge < -0.3 is 10.1 Å². The number of rotatable bonds is 6. The number of carbonyl (C=O) groups excluding carboxylic acids is 1. The van der Waals surface area contributed by atoms with E-state index in [0.717, 1.165) is 31.4 Å². The lowest BCUT2D eigenvalue weighted by Gasteiger charge is -2.61. The molecule has 132 valence electrons. The minimum absolute atomic E-state index is 0.00180. The molecule has 1 N–H and O–H groups in total. The van der Waals surface area contributed by atoms with Gasteiger partial charge in [0.25, 0.3) is 5.91 Å². The van der Waals surface area contributed by atoms with Gasteiger partial charge in [0.05, 0.1) is 12.6 Å². The maximum atomic E-state index is 12.9. The summed E-state index contributed by atoms with van der Waals surface area (Å²) in [5, 5.41) is 7.40.